The number of nitrogens with zero attached hydrogens (tertiary/aromatic N) is 1. The monoisotopic (exact) mass is 303 g/mol. The van der Waals surface area contributed by atoms with Gasteiger partial charge in [-0.1, -0.05) is 17.7 Å². The third-order valence-corrected chi connectivity index (χ3v) is 3.39. The fourth-order valence-electron chi connectivity index (χ4n) is 2.18. The Labute approximate surface area is 124 Å². The number of benzene rings is 1. The number of rotatable bonds is 4. The van der Waals surface area contributed by atoms with E-state index in [0.717, 1.165) is 25.2 Å². The van der Waals surface area contributed by atoms with Gasteiger partial charge in [-0.05, 0) is 31.7 Å². The van der Waals surface area contributed by atoms with Gasteiger partial charge in [-0.15, -0.1) is 12.4 Å². The molecular weight excluding hydrogens is 285 g/mol. The second-order valence-corrected chi connectivity index (χ2v) is 5.00. The molecule has 1 amide bonds. The van der Waals surface area contributed by atoms with Gasteiger partial charge in [-0.3, -0.25) is 9.69 Å². The zero-order valence-electron chi connectivity index (χ0n) is 10.9. The standard InChI is InChI=1S/C13H18ClN3O.ClH/c1-15-12-5-6-17(8-12)9-13(18)16-11-4-2-3-10(14)7-11;/h2-4,7,12,15H,5-6,8-9H2,1H3,(H,16,18);1H. The van der Waals surface area contributed by atoms with E-state index in [1.807, 2.05) is 19.2 Å². The second-order valence-electron chi connectivity index (χ2n) is 4.57. The largest absolute Gasteiger partial charge is 0.325 e. The molecular formula is C13H19Cl2N3O. The van der Waals surface area contributed by atoms with Crippen molar-refractivity contribution in [1.82, 2.24) is 10.2 Å². The Bertz CT molecular complexity index is 428. The first-order valence-electron chi connectivity index (χ1n) is 6.12. The molecule has 19 heavy (non-hydrogen) atoms. The summed E-state index contributed by atoms with van der Waals surface area (Å²) in [6.45, 7) is 2.33. The van der Waals surface area contributed by atoms with Crippen molar-refractivity contribution in [3.05, 3.63) is 29.3 Å². The Morgan fingerprint density at radius 3 is 2.95 bits per heavy atom. The van der Waals surface area contributed by atoms with E-state index in [0.29, 0.717) is 17.6 Å². The average molecular weight is 304 g/mol. The SMILES string of the molecule is CNC1CCN(CC(=O)Nc2cccc(Cl)c2)C1.Cl. The van der Waals surface area contributed by atoms with Gasteiger partial charge < -0.3 is 10.6 Å². The quantitative estimate of drug-likeness (QED) is 0.894. The van der Waals surface area contributed by atoms with Crippen LogP contribution in [0.1, 0.15) is 6.42 Å². The van der Waals surface area contributed by atoms with Crippen LogP contribution in [0.4, 0.5) is 5.69 Å². The van der Waals surface area contributed by atoms with E-state index in [1.54, 1.807) is 12.1 Å². The number of carbonyl (C=O) groups excluding carboxylic acids is 1. The fraction of sp³-hybridized carbons (Fsp3) is 0.462. The highest BCUT2D eigenvalue weighted by atomic mass is 35.5. The number of halogens is 2. The first-order chi connectivity index (χ1) is 8.67. The lowest BCUT2D eigenvalue weighted by molar-refractivity contribution is -0.117. The summed E-state index contributed by atoms with van der Waals surface area (Å²) in [6.07, 6.45) is 1.10. The molecule has 0 aliphatic carbocycles. The number of anilines is 1. The van der Waals surface area contributed by atoms with Crippen LogP contribution in [0.3, 0.4) is 0 Å². The molecule has 1 atom stereocenters. The highest BCUT2D eigenvalue weighted by Crippen LogP contribution is 2.15. The molecule has 1 aromatic carbocycles. The molecule has 1 heterocycles. The van der Waals surface area contributed by atoms with Crippen molar-refractivity contribution in [2.24, 2.45) is 0 Å². The molecule has 1 unspecified atom stereocenters. The first-order valence-corrected chi connectivity index (χ1v) is 6.50. The smallest absolute Gasteiger partial charge is 0.238 e. The number of hydrogen-bond acceptors (Lipinski definition) is 3. The van der Waals surface area contributed by atoms with E-state index in [-0.39, 0.29) is 18.3 Å². The molecule has 2 rings (SSSR count). The lowest BCUT2D eigenvalue weighted by Crippen LogP contribution is -2.34. The van der Waals surface area contributed by atoms with Crippen molar-refractivity contribution < 1.29 is 4.79 Å². The molecule has 1 aliphatic heterocycles. The summed E-state index contributed by atoms with van der Waals surface area (Å²) in [4.78, 5) is 14.0. The maximum Gasteiger partial charge on any atom is 0.238 e. The van der Waals surface area contributed by atoms with Crippen LogP contribution in [-0.4, -0.2) is 43.5 Å². The van der Waals surface area contributed by atoms with E-state index < -0.39 is 0 Å². The van der Waals surface area contributed by atoms with Gasteiger partial charge in [0, 0.05) is 29.8 Å². The van der Waals surface area contributed by atoms with Gasteiger partial charge in [-0.2, -0.15) is 0 Å². The second kappa shape index (κ2) is 7.70. The Balaban J connectivity index is 0.00000180. The van der Waals surface area contributed by atoms with Crippen molar-refractivity contribution >= 4 is 35.6 Å². The number of likely N-dealkylation sites (tertiary alicyclic amines) is 1. The Morgan fingerprint density at radius 2 is 2.32 bits per heavy atom. The predicted molar refractivity (Wildman–Crippen MR) is 81.2 cm³/mol. The molecule has 2 N–H and O–H groups in total. The molecule has 1 fully saturated rings. The van der Waals surface area contributed by atoms with Gasteiger partial charge in [-0.25, -0.2) is 0 Å². The van der Waals surface area contributed by atoms with Crippen LogP contribution in [0.2, 0.25) is 5.02 Å². The maximum atomic E-state index is 11.9. The van der Waals surface area contributed by atoms with Crippen LogP contribution in [0.15, 0.2) is 24.3 Å². The Kier molecular flexibility index (Phi) is 6.58. The molecule has 6 heteroatoms. The molecule has 0 aromatic heterocycles. The summed E-state index contributed by atoms with van der Waals surface area (Å²) in [7, 11) is 1.96. The molecule has 1 aliphatic rings. The van der Waals surface area contributed by atoms with Gasteiger partial charge in [0.25, 0.3) is 0 Å². The molecule has 0 radical (unpaired) electrons. The molecule has 0 bridgehead atoms. The minimum Gasteiger partial charge on any atom is -0.325 e. The zero-order chi connectivity index (χ0) is 13.0. The van der Waals surface area contributed by atoms with E-state index in [4.69, 9.17) is 11.6 Å². The van der Waals surface area contributed by atoms with Gasteiger partial charge in [0.1, 0.15) is 0 Å². The zero-order valence-corrected chi connectivity index (χ0v) is 12.4. The third kappa shape index (κ3) is 4.99. The van der Waals surface area contributed by atoms with Crippen LogP contribution in [0.5, 0.6) is 0 Å². The minimum atomic E-state index is 0. The van der Waals surface area contributed by atoms with Crippen LogP contribution in [0, 0.1) is 0 Å². The number of nitrogens with one attached hydrogen (secondary N) is 2. The Hall–Kier alpha value is -0.810. The van der Waals surface area contributed by atoms with Crippen LogP contribution < -0.4 is 10.6 Å². The van der Waals surface area contributed by atoms with Crippen molar-refractivity contribution in [2.75, 3.05) is 32.0 Å². The normalized spacial score (nSPS) is 18.9. The topological polar surface area (TPSA) is 44.4 Å². The van der Waals surface area contributed by atoms with Crippen LogP contribution in [-0.2, 0) is 4.79 Å². The fourth-order valence-corrected chi connectivity index (χ4v) is 2.37. The van der Waals surface area contributed by atoms with E-state index in [9.17, 15) is 4.79 Å². The van der Waals surface area contributed by atoms with Gasteiger partial charge in [0.2, 0.25) is 5.91 Å². The summed E-state index contributed by atoms with van der Waals surface area (Å²) in [5, 5.41) is 6.72. The van der Waals surface area contributed by atoms with E-state index in [1.165, 1.54) is 0 Å². The summed E-state index contributed by atoms with van der Waals surface area (Å²) >= 11 is 5.87. The van der Waals surface area contributed by atoms with Gasteiger partial charge in [0.15, 0.2) is 0 Å². The lowest BCUT2D eigenvalue weighted by atomic mass is 10.3. The van der Waals surface area contributed by atoms with Crippen LogP contribution >= 0.6 is 24.0 Å². The molecule has 1 saturated heterocycles. The number of carbonyl (C=O) groups is 1. The van der Waals surface area contributed by atoms with Crippen molar-refractivity contribution in [3.63, 3.8) is 0 Å². The lowest BCUT2D eigenvalue weighted by Gasteiger charge is -2.15. The highest BCUT2D eigenvalue weighted by Gasteiger charge is 2.22. The molecule has 1 aromatic rings. The van der Waals surface area contributed by atoms with E-state index >= 15 is 0 Å². The molecule has 106 valence electrons. The predicted octanol–water partition coefficient (Wildman–Crippen LogP) is 1.99. The molecule has 0 saturated carbocycles. The third-order valence-electron chi connectivity index (χ3n) is 3.16. The highest BCUT2D eigenvalue weighted by molar-refractivity contribution is 6.30. The maximum absolute atomic E-state index is 11.9. The first kappa shape index (κ1) is 16.2. The van der Waals surface area contributed by atoms with Gasteiger partial charge >= 0.3 is 0 Å². The summed E-state index contributed by atoms with van der Waals surface area (Å²) in [6, 6.07) is 7.70. The Morgan fingerprint density at radius 1 is 1.53 bits per heavy atom. The number of amides is 1. The number of hydrogen-bond donors (Lipinski definition) is 2. The summed E-state index contributed by atoms with van der Waals surface area (Å²) in [5.41, 5.74) is 0.747. The molecule has 4 nitrogen and oxygen atoms in total. The molecule has 0 spiro atoms. The summed E-state index contributed by atoms with van der Waals surface area (Å²) in [5.74, 6) is 0.00835. The number of likely N-dealkylation sites (N-methyl/N-ethyl adjacent to an activating group) is 1. The van der Waals surface area contributed by atoms with Gasteiger partial charge in [0.05, 0.1) is 6.54 Å². The van der Waals surface area contributed by atoms with Crippen molar-refractivity contribution in [1.29, 1.82) is 0 Å². The summed E-state index contributed by atoms with van der Waals surface area (Å²) < 4.78 is 0. The van der Waals surface area contributed by atoms with Crippen molar-refractivity contribution in [3.8, 4) is 0 Å². The van der Waals surface area contributed by atoms with Crippen LogP contribution in [0.25, 0.3) is 0 Å². The minimum absolute atomic E-state index is 0. The average Bonchev–Trinajstić information content (AvgIpc) is 2.76. The van der Waals surface area contributed by atoms with Crippen molar-refractivity contribution in [2.45, 2.75) is 12.5 Å². The van der Waals surface area contributed by atoms with E-state index in [2.05, 4.69) is 15.5 Å².